The lowest BCUT2D eigenvalue weighted by Crippen LogP contribution is -2.12. The van der Waals surface area contributed by atoms with Gasteiger partial charge in [-0.15, -0.1) is 0 Å². The first-order chi connectivity index (χ1) is 8.69. The Balaban J connectivity index is 1.90. The number of hydrogen-bond acceptors (Lipinski definition) is 4. The highest BCUT2D eigenvalue weighted by Crippen LogP contribution is 2.08. The summed E-state index contributed by atoms with van der Waals surface area (Å²) < 4.78 is 5.47. The van der Waals surface area contributed by atoms with Crippen LogP contribution in [0.15, 0.2) is 28.7 Å². The first-order valence-electron chi connectivity index (χ1n) is 5.81. The molecule has 1 aromatic carbocycles. The molecule has 0 saturated heterocycles. The van der Waals surface area contributed by atoms with E-state index < -0.39 is 0 Å². The highest BCUT2D eigenvalue weighted by molar-refractivity contribution is 5.32. The van der Waals surface area contributed by atoms with Crippen molar-refractivity contribution in [2.75, 3.05) is 0 Å². The molecule has 0 atom stereocenters. The summed E-state index contributed by atoms with van der Waals surface area (Å²) in [6, 6.07) is 9.67. The Bertz CT molecular complexity index is 561. The van der Waals surface area contributed by atoms with E-state index in [2.05, 4.69) is 16.4 Å². The van der Waals surface area contributed by atoms with Crippen molar-refractivity contribution >= 4 is 0 Å². The number of aryl methyl sites for hydroxylation is 2. The molecule has 0 unspecified atom stereocenters. The zero-order chi connectivity index (χ0) is 13.0. The SMILES string of the molecule is Cc1nc(CNCc2cccc(C#N)c2)oc1C. The molecule has 2 rings (SSSR count). The third-order valence-corrected chi connectivity index (χ3v) is 2.73. The van der Waals surface area contributed by atoms with Gasteiger partial charge in [0, 0.05) is 6.54 Å². The molecule has 1 N–H and O–H groups in total. The summed E-state index contributed by atoms with van der Waals surface area (Å²) in [6.07, 6.45) is 0. The maximum absolute atomic E-state index is 8.80. The molecule has 0 fully saturated rings. The van der Waals surface area contributed by atoms with Gasteiger partial charge in [-0.2, -0.15) is 5.26 Å². The molecular formula is C14H15N3O. The second kappa shape index (κ2) is 5.48. The smallest absolute Gasteiger partial charge is 0.208 e. The van der Waals surface area contributed by atoms with E-state index in [-0.39, 0.29) is 0 Å². The maximum atomic E-state index is 8.80. The van der Waals surface area contributed by atoms with Crippen LogP contribution in [0.25, 0.3) is 0 Å². The van der Waals surface area contributed by atoms with E-state index in [9.17, 15) is 0 Å². The van der Waals surface area contributed by atoms with E-state index in [1.54, 1.807) is 6.07 Å². The first kappa shape index (κ1) is 12.3. The predicted molar refractivity (Wildman–Crippen MR) is 67.7 cm³/mol. The standard InChI is InChI=1S/C14H15N3O/c1-10-11(2)18-14(17-10)9-16-8-13-5-3-4-12(6-13)7-15/h3-6,16H,8-9H2,1-2H3. The predicted octanol–water partition coefficient (Wildman–Crippen LogP) is 2.45. The van der Waals surface area contributed by atoms with E-state index in [0.29, 0.717) is 24.5 Å². The maximum Gasteiger partial charge on any atom is 0.208 e. The van der Waals surface area contributed by atoms with E-state index in [0.717, 1.165) is 17.0 Å². The fourth-order valence-electron chi connectivity index (χ4n) is 1.68. The Labute approximate surface area is 106 Å². The van der Waals surface area contributed by atoms with Crippen LogP contribution in [-0.4, -0.2) is 4.98 Å². The fourth-order valence-corrected chi connectivity index (χ4v) is 1.68. The van der Waals surface area contributed by atoms with Crippen LogP contribution in [0.1, 0.15) is 28.5 Å². The summed E-state index contributed by atoms with van der Waals surface area (Å²) in [7, 11) is 0. The van der Waals surface area contributed by atoms with Crippen LogP contribution in [0.3, 0.4) is 0 Å². The number of nitrogens with one attached hydrogen (secondary N) is 1. The third kappa shape index (κ3) is 2.96. The Morgan fingerprint density at radius 2 is 2.17 bits per heavy atom. The van der Waals surface area contributed by atoms with Crippen molar-refractivity contribution in [1.29, 1.82) is 5.26 Å². The van der Waals surface area contributed by atoms with Crippen LogP contribution in [0, 0.1) is 25.2 Å². The summed E-state index contributed by atoms with van der Waals surface area (Å²) >= 11 is 0. The molecule has 0 radical (unpaired) electrons. The Morgan fingerprint density at radius 1 is 1.33 bits per heavy atom. The molecule has 2 aromatic rings. The average molecular weight is 241 g/mol. The number of aromatic nitrogens is 1. The van der Waals surface area contributed by atoms with Crippen molar-refractivity contribution in [3.05, 3.63) is 52.7 Å². The number of benzene rings is 1. The number of hydrogen-bond donors (Lipinski definition) is 1. The van der Waals surface area contributed by atoms with Gasteiger partial charge in [-0.1, -0.05) is 12.1 Å². The minimum absolute atomic E-state index is 0.589. The van der Waals surface area contributed by atoms with Crippen LogP contribution in [0.5, 0.6) is 0 Å². The van der Waals surface area contributed by atoms with Crippen LogP contribution in [0.4, 0.5) is 0 Å². The zero-order valence-electron chi connectivity index (χ0n) is 10.5. The van der Waals surface area contributed by atoms with Crippen LogP contribution >= 0.6 is 0 Å². The average Bonchev–Trinajstić information content (AvgIpc) is 2.69. The van der Waals surface area contributed by atoms with Gasteiger partial charge in [0.25, 0.3) is 0 Å². The van der Waals surface area contributed by atoms with Crippen molar-refractivity contribution < 1.29 is 4.42 Å². The Kier molecular flexibility index (Phi) is 3.75. The van der Waals surface area contributed by atoms with E-state index >= 15 is 0 Å². The van der Waals surface area contributed by atoms with Gasteiger partial charge in [0.15, 0.2) is 0 Å². The van der Waals surface area contributed by atoms with E-state index in [4.69, 9.17) is 9.68 Å². The quantitative estimate of drug-likeness (QED) is 0.893. The molecule has 4 heteroatoms. The third-order valence-electron chi connectivity index (χ3n) is 2.73. The van der Waals surface area contributed by atoms with E-state index in [1.807, 2.05) is 32.0 Å². The second-order valence-corrected chi connectivity index (χ2v) is 4.16. The number of nitriles is 1. The van der Waals surface area contributed by atoms with E-state index in [1.165, 1.54) is 0 Å². The number of rotatable bonds is 4. The lowest BCUT2D eigenvalue weighted by atomic mass is 10.1. The van der Waals surface area contributed by atoms with Gasteiger partial charge in [-0.3, -0.25) is 0 Å². The molecule has 0 bridgehead atoms. The highest BCUT2D eigenvalue weighted by Gasteiger charge is 2.04. The summed E-state index contributed by atoms with van der Waals surface area (Å²) in [5, 5.41) is 12.0. The zero-order valence-corrected chi connectivity index (χ0v) is 10.5. The molecule has 1 aromatic heterocycles. The van der Waals surface area contributed by atoms with Crippen molar-refractivity contribution in [3.8, 4) is 6.07 Å². The van der Waals surface area contributed by atoms with Gasteiger partial charge in [0.2, 0.25) is 5.89 Å². The van der Waals surface area contributed by atoms with Crippen molar-refractivity contribution in [1.82, 2.24) is 10.3 Å². The van der Waals surface area contributed by atoms with Gasteiger partial charge < -0.3 is 9.73 Å². The molecular weight excluding hydrogens is 226 g/mol. The Hall–Kier alpha value is -2.12. The van der Waals surface area contributed by atoms with Crippen molar-refractivity contribution in [2.45, 2.75) is 26.9 Å². The summed E-state index contributed by atoms with van der Waals surface area (Å²) in [4.78, 5) is 4.29. The van der Waals surface area contributed by atoms with Gasteiger partial charge in [0.1, 0.15) is 5.76 Å². The van der Waals surface area contributed by atoms with Gasteiger partial charge in [0.05, 0.1) is 23.9 Å². The van der Waals surface area contributed by atoms with Crippen LogP contribution in [0.2, 0.25) is 0 Å². The molecule has 0 spiro atoms. The largest absolute Gasteiger partial charge is 0.444 e. The fraction of sp³-hybridized carbons (Fsp3) is 0.286. The van der Waals surface area contributed by atoms with Crippen LogP contribution in [-0.2, 0) is 13.1 Å². The number of oxazole rings is 1. The number of nitrogens with zero attached hydrogens (tertiary/aromatic N) is 2. The van der Waals surface area contributed by atoms with Gasteiger partial charge >= 0.3 is 0 Å². The molecule has 18 heavy (non-hydrogen) atoms. The molecule has 92 valence electrons. The molecule has 0 saturated carbocycles. The molecule has 1 heterocycles. The summed E-state index contributed by atoms with van der Waals surface area (Å²) in [5.41, 5.74) is 2.68. The lowest BCUT2D eigenvalue weighted by molar-refractivity contribution is 0.448. The molecule has 0 aliphatic rings. The highest BCUT2D eigenvalue weighted by atomic mass is 16.4. The van der Waals surface area contributed by atoms with Gasteiger partial charge in [-0.05, 0) is 31.5 Å². The normalized spacial score (nSPS) is 10.3. The minimum Gasteiger partial charge on any atom is -0.444 e. The molecule has 0 aliphatic carbocycles. The van der Waals surface area contributed by atoms with Crippen molar-refractivity contribution in [2.24, 2.45) is 0 Å². The minimum atomic E-state index is 0.589. The molecule has 0 amide bonds. The monoisotopic (exact) mass is 241 g/mol. The first-order valence-corrected chi connectivity index (χ1v) is 5.81. The van der Waals surface area contributed by atoms with Crippen LogP contribution < -0.4 is 5.32 Å². The molecule has 4 nitrogen and oxygen atoms in total. The summed E-state index contributed by atoms with van der Waals surface area (Å²) in [5.74, 6) is 1.56. The lowest BCUT2D eigenvalue weighted by Gasteiger charge is -2.02. The summed E-state index contributed by atoms with van der Waals surface area (Å²) in [6.45, 7) is 5.11. The Morgan fingerprint density at radius 3 is 2.83 bits per heavy atom. The topological polar surface area (TPSA) is 61.9 Å². The van der Waals surface area contributed by atoms with Crippen molar-refractivity contribution in [3.63, 3.8) is 0 Å². The molecule has 0 aliphatic heterocycles. The van der Waals surface area contributed by atoms with Gasteiger partial charge in [-0.25, -0.2) is 4.98 Å². The second-order valence-electron chi connectivity index (χ2n) is 4.16.